The number of fused-ring (bicyclic) bond motifs is 2. The third-order valence-corrected chi connectivity index (χ3v) is 12.8. The van der Waals surface area contributed by atoms with E-state index in [0.717, 1.165) is 34.1 Å². The normalized spacial score (nSPS) is 13.0. The van der Waals surface area contributed by atoms with Gasteiger partial charge in [-0.15, -0.1) is 0 Å². The Morgan fingerprint density at radius 2 is 0.818 bits per heavy atom. The highest BCUT2D eigenvalue weighted by Gasteiger charge is 2.33. The van der Waals surface area contributed by atoms with Crippen LogP contribution in [0.5, 0.6) is 23.0 Å². The molecule has 6 aromatic rings. The quantitative estimate of drug-likeness (QED) is 0.198. The average molecular weight is 611 g/mol. The molecule has 2 aliphatic heterocycles. The molecule has 6 heteroatoms. The van der Waals surface area contributed by atoms with Gasteiger partial charge < -0.3 is 18.9 Å². The van der Waals surface area contributed by atoms with Gasteiger partial charge in [-0.1, -0.05) is 121 Å². The van der Waals surface area contributed by atoms with Gasteiger partial charge in [-0.05, 0) is 77.5 Å². The highest BCUT2D eigenvalue weighted by atomic mass is 31.1. The molecular formula is C38H28O4P2. The van der Waals surface area contributed by atoms with E-state index >= 15 is 0 Å². The molecule has 0 bridgehead atoms. The van der Waals surface area contributed by atoms with E-state index in [2.05, 4.69) is 146 Å². The lowest BCUT2D eigenvalue weighted by Gasteiger charge is -2.27. The molecule has 0 spiro atoms. The Morgan fingerprint density at radius 1 is 0.386 bits per heavy atom. The van der Waals surface area contributed by atoms with Crippen LogP contribution < -0.4 is 50.8 Å². The third kappa shape index (κ3) is 4.91. The van der Waals surface area contributed by atoms with Crippen LogP contribution in [0.25, 0.3) is 11.1 Å². The Balaban J connectivity index is 1.45. The van der Waals surface area contributed by atoms with Gasteiger partial charge in [0.2, 0.25) is 13.6 Å². The molecule has 44 heavy (non-hydrogen) atoms. The number of hydrogen-bond acceptors (Lipinski definition) is 4. The second kappa shape index (κ2) is 11.8. The van der Waals surface area contributed by atoms with Gasteiger partial charge in [0.25, 0.3) is 0 Å². The van der Waals surface area contributed by atoms with Gasteiger partial charge in [-0.3, -0.25) is 0 Å². The van der Waals surface area contributed by atoms with Crippen molar-refractivity contribution in [2.75, 3.05) is 13.6 Å². The average Bonchev–Trinajstić information content (AvgIpc) is 3.76. The fourth-order valence-electron chi connectivity index (χ4n) is 5.89. The summed E-state index contributed by atoms with van der Waals surface area (Å²) in [5.74, 6) is 3.04. The Kier molecular flexibility index (Phi) is 7.24. The molecule has 0 unspecified atom stereocenters. The smallest absolute Gasteiger partial charge is 0.231 e. The summed E-state index contributed by atoms with van der Waals surface area (Å²) in [6, 6.07) is 51.7. The first-order valence-electron chi connectivity index (χ1n) is 14.5. The van der Waals surface area contributed by atoms with Crippen LogP contribution in [-0.2, 0) is 0 Å². The molecule has 2 aliphatic rings. The summed E-state index contributed by atoms with van der Waals surface area (Å²) in [6.07, 6.45) is 0. The highest BCUT2D eigenvalue weighted by Crippen LogP contribution is 2.50. The third-order valence-electron chi connectivity index (χ3n) is 7.82. The van der Waals surface area contributed by atoms with E-state index in [1.54, 1.807) is 0 Å². The second-order valence-corrected chi connectivity index (χ2v) is 14.8. The fraction of sp³-hybridized carbons (Fsp3) is 0.0526. The fourth-order valence-corrected chi connectivity index (χ4v) is 10.8. The van der Waals surface area contributed by atoms with Gasteiger partial charge in [0.05, 0.1) is 0 Å². The van der Waals surface area contributed by atoms with Crippen LogP contribution in [0.15, 0.2) is 146 Å². The molecule has 214 valence electrons. The molecule has 0 atom stereocenters. The zero-order chi connectivity index (χ0) is 29.3. The van der Waals surface area contributed by atoms with Crippen LogP contribution >= 0.6 is 15.8 Å². The van der Waals surface area contributed by atoms with E-state index in [0.29, 0.717) is 0 Å². The van der Waals surface area contributed by atoms with Gasteiger partial charge in [0.15, 0.2) is 23.0 Å². The monoisotopic (exact) mass is 610 g/mol. The molecule has 4 nitrogen and oxygen atoms in total. The Morgan fingerprint density at radius 3 is 1.34 bits per heavy atom. The number of hydrogen-bond donors (Lipinski definition) is 0. The summed E-state index contributed by atoms with van der Waals surface area (Å²) in [6.45, 7) is 0.388. The summed E-state index contributed by atoms with van der Waals surface area (Å²) >= 11 is 0. The molecule has 0 saturated heterocycles. The minimum Gasteiger partial charge on any atom is -0.454 e. The first-order chi connectivity index (χ1) is 21.8. The SMILES string of the molecule is c1ccc(P(c2ccccc2)c2cc3c(cc2-c2c(P(c4ccccc4)c4ccccc4)ccc4c2OCO4)OCO3)cc1. The van der Waals surface area contributed by atoms with Crippen LogP contribution in [0.3, 0.4) is 0 Å². The molecule has 6 aromatic carbocycles. The van der Waals surface area contributed by atoms with Gasteiger partial charge in [-0.25, -0.2) is 0 Å². The van der Waals surface area contributed by atoms with Crippen LogP contribution in [-0.4, -0.2) is 13.6 Å². The minimum atomic E-state index is -0.968. The van der Waals surface area contributed by atoms with E-state index in [9.17, 15) is 0 Å². The van der Waals surface area contributed by atoms with Gasteiger partial charge in [0.1, 0.15) is 0 Å². The van der Waals surface area contributed by atoms with Gasteiger partial charge >= 0.3 is 0 Å². The molecule has 0 aliphatic carbocycles. The first-order valence-corrected chi connectivity index (χ1v) is 17.2. The molecule has 0 N–H and O–H groups in total. The summed E-state index contributed by atoms with van der Waals surface area (Å²) in [5, 5.41) is 7.44. The molecule has 2 heterocycles. The van der Waals surface area contributed by atoms with E-state index < -0.39 is 15.8 Å². The van der Waals surface area contributed by atoms with E-state index in [1.165, 1.54) is 31.8 Å². The summed E-state index contributed by atoms with van der Waals surface area (Å²) in [4.78, 5) is 0. The topological polar surface area (TPSA) is 36.9 Å². The molecule has 8 rings (SSSR count). The molecule has 0 saturated carbocycles. The van der Waals surface area contributed by atoms with Crippen LogP contribution in [0.2, 0.25) is 0 Å². The second-order valence-electron chi connectivity index (χ2n) is 10.4. The number of rotatable bonds is 7. The number of benzene rings is 6. The lowest BCUT2D eigenvalue weighted by molar-refractivity contribution is 0.174. The molecule has 0 aromatic heterocycles. The minimum absolute atomic E-state index is 0.187. The Bertz CT molecular complexity index is 1840. The van der Waals surface area contributed by atoms with Crippen LogP contribution in [0.1, 0.15) is 0 Å². The van der Waals surface area contributed by atoms with Crippen molar-refractivity contribution < 1.29 is 18.9 Å². The van der Waals surface area contributed by atoms with E-state index in [-0.39, 0.29) is 13.6 Å². The largest absolute Gasteiger partial charge is 0.454 e. The van der Waals surface area contributed by atoms with E-state index in [1.807, 2.05) is 0 Å². The molecular weight excluding hydrogens is 582 g/mol. The number of ether oxygens (including phenoxy) is 4. The van der Waals surface area contributed by atoms with Crippen molar-refractivity contribution in [1.82, 2.24) is 0 Å². The molecule has 0 fully saturated rings. The molecule has 0 amide bonds. The first kappa shape index (κ1) is 27.0. The maximum atomic E-state index is 6.34. The Labute approximate surface area is 259 Å². The van der Waals surface area contributed by atoms with Crippen molar-refractivity contribution in [2.45, 2.75) is 0 Å². The van der Waals surface area contributed by atoms with Crippen LogP contribution in [0, 0.1) is 0 Å². The van der Waals surface area contributed by atoms with Gasteiger partial charge in [0, 0.05) is 5.56 Å². The highest BCUT2D eigenvalue weighted by molar-refractivity contribution is 7.80. The van der Waals surface area contributed by atoms with E-state index in [4.69, 9.17) is 18.9 Å². The predicted octanol–water partition coefficient (Wildman–Crippen LogP) is 6.33. The molecule has 0 radical (unpaired) electrons. The zero-order valence-corrected chi connectivity index (χ0v) is 25.6. The lowest BCUT2D eigenvalue weighted by Crippen LogP contribution is -2.26. The van der Waals surface area contributed by atoms with Gasteiger partial charge in [-0.2, -0.15) is 0 Å². The standard InChI is InChI=1S/C38H28O4P2/c1-5-13-27(14-6-1)43(28-15-7-2-8-16-28)35-22-21-32-38(42-26-39-32)37(35)31-23-33-34(41-25-40-33)24-36(31)44(29-17-9-3-10-18-29)30-19-11-4-12-20-30/h1-24H,25-26H2. The zero-order valence-electron chi connectivity index (χ0n) is 23.8. The lowest BCUT2D eigenvalue weighted by atomic mass is 10.0. The summed E-state index contributed by atoms with van der Waals surface area (Å²) in [5.41, 5.74) is 2.12. The van der Waals surface area contributed by atoms with Crippen molar-refractivity contribution in [3.63, 3.8) is 0 Å². The van der Waals surface area contributed by atoms with Crippen molar-refractivity contribution >= 4 is 47.7 Å². The van der Waals surface area contributed by atoms with Crippen molar-refractivity contribution in [1.29, 1.82) is 0 Å². The summed E-state index contributed by atoms with van der Waals surface area (Å²) < 4.78 is 24.3. The van der Waals surface area contributed by atoms with Crippen LogP contribution in [0.4, 0.5) is 0 Å². The van der Waals surface area contributed by atoms with Crippen molar-refractivity contribution in [3.8, 4) is 34.1 Å². The van der Waals surface area contributed by atoms with Crippen molar-refractivity contribution in [2.24, 2.45) is 0 Å². The summed E-state index contributed by atoms with van der Waals surface area (Å²) in [7, 11) is -1.91. The predicted molar refractivity (Wildman–Crippen MR) is 182 cm³/mol. The van der Waals surface area contributed by atoms with Crippen molar-refractivity contribution in [3.05, 3.63) is 146 Å². The Hall–Kier alpha value is -4.62. The maximum absolute atomic E-state index is 6.34. The maximum Gasteiger partial charge on any atom is 0.231 e.